The summed E-state index contributed by atoms with van der Waals surface area (Å²) in [7, 11) is 0. The first-order valence-electron chi connectivity index (χ1n) is 11.4. The van der Waals surface area contributed by atoms with Crippen LogP contribution in [0.3, 0.4) is 0 Å². The molecule has 0 saturated heterocycles. The first kappa shape index (κ1) is 25.3. The molecule has 0 saturated carbocycles. The number of nitrogens with one attached hydrogen (secondary N) is 1. The third-order valence-electron chi connectivity index (χ3n) is 5.20. The Balaban J connectivity index is 1.76. The number of aliphatic hydroxyl groups excluding tert-OH is 2. The minimum Gasteiger partial charge on any atom is -0.490 e. The number of ether oxygens (including phenoxy) is 1. The van der Waals surface area contributed by atoms with Gasteiger partial charge in [0.1, 0.15) is 25.1 Å². The fraction of sp³-hybridized carbons (Fsp3) is 0.440. The average molecular weight is 469 g/mol. The van der Waals surface area contributed by atoms with E-state index in [9.17, 15) is 9.90 Å². The number of amides is 1. The second-order valence-electron chi connectivity index (χ2n) is 8.62. The van der Waals surface area contributed by atoms with Crippen LogP contribution < -0.4 is 10.1 Å². The Morgan fingerprint density at radius 3 is 2.74 bits per heavy atom. The van der Waals surface area contributed by atoms with E-state index < -0.39 is 18.6 Å². The fourth-order valence-electron chi connectivity index (χ4n) is 3.57. The molecule has 1 aromatic carbocycles. The van der Waals surface area contributed by atoms with Crippen LogP contribution in [0.2, 0.25) is 0 Å². The van der Waals surface area contributed by atoms with Crippen LogP contribution in [0.15, 0.2) is 35.0 Å². The van der Waals surface area contributed by atoms with Crippen LogP contribution >= 0.6 is 0 Å². The zero-order chi connectivity index (χ0) is 24.7. The molecular weight excluding hydrogens is 436 g/mol. The van der Waals surface area contributed by atoms with Crippen LogP contribution in [-0.4, -0.2) is 57.1 Å². The summed E-state index contributed by atoms with van der Waals surface area (Å²) in [5.74, 6) is 1.54. The van der Waals surface area contributed by atoms with Gasteiger partial charge in [-0.3, -0.25) is 9.78 Å². The van der Waals surface area contributed by atoms with Crippen molar-refractivity contribution >= 4 is 5.91 Å². The SMILES string of the molecule is CCc1cc(-c2noc(-c3ccnc(CC(C)C)c3)n2)cc(C)c1OCC(O)CNC(=O)CO. The van der Waals surface area contributed by atoms with Gasteiger partial charge in [0.2, 0.25) is 11.7 Å². The predicted molar refractivity (Wildman–Crippen MR) is 127 cm³/mol. The lowest BCUT2D eigenvalue weighted by atomic mass is 10.0. The monoisotopic (exact) mass is 468 g/mol. The third-order valence-corrected chi connectivity index (χ3v) is 5.20. The molecule has 1 atom stereocenters. The smallest absolute Gasteiger partial charge is 0.258 e. The summed E-state index contributed by atoms with van der Waals surface area (Å²) in [6.07, 6.45) is 2.43. The molecule has 2 aromatic heterocycles. The van der Waals surface area contributed by atoms with Gasteiger partial charge in [0.15, 0.2) is 0 Å². The summed E-state index contributed by atoms with van der Waals surface area (Å²) < 4.78 is 11.4. The lowest BCUT2D eigenvalue weighted by molar-refractivity contribution is -0.124. The number of aryl methyl sites for hydroxylation is 2. The number of hydrogen-bond acceptors (Lipinski definition) is 8. The van der Waals surface area contributed by atoms with Gasteiger partial charge in [-0.2, -0.15) is 4.98 Å². The summed E-state index contributed by atoms with van der Waals surface area (Å²) in [6, 6.07) is 7.70. The summed E-state index contributed by atoms with van der Waals surface area (Å²) in [5.41, 5.74) is 4.44. The van der Waals surface area contributed by atoms with Gasteiger partial charge in [0.25, 0.3) is 5.89 Å². The number of pyridine rings is 1. The first-order valence-corrected chi connectivity index (χ1v) is 11.4. The van der Waals surface area contributed by atoms with Crippen molar-refractivity contribution in [1.29, 1.82) is 0 Å². The second kappa shape index (κ2) is 11.7. The molecule has 0 bridgehead atoms. The van der Waals surface area contributed by atoms with Crippen molar-refractivity contribution in [3.63, 3.8) is 0 Å². The second-order valence-corrected chi connectivity index (χ2v) is 8.62. The van der Waals surface area contributed by atoms with Gasteiger partial charge in [-0.25, -0.2) is 0 Å². The highest BCUT2D eigenvalue weighted by Crippen LogP contribution is 2.31. The van der Waals surface area contributed by atoms with Crippen molar-refractivity contribution in [1.82, 2.24) is 20.4 Å². The van der Waals surface area contributed by atoms with Crippen LogP contribution in [0.25, 0.3) is 22.8 Å². The number of aromatic nitrogens is 3. The Bertz CT molecular complexity index is 1110. The van der Waals surface area contributed by atoms with Crippen LogP contribution in [0, 0.1) is 12.8 Å². The van der Waals surface area contributed by atoms with Crippen molar-refractivity contribution in [2.75, 3.05) is 19.8 Å². The Morgan fingerprint density at radius 1 is 1.24 bits per heavy atom. The molecule has 182 valence electrons. The topological polar surface area (TPSA) is 131 Å². The molecule has 0 aliphatic heterocycles. The number of hydrogen-bond donors (Lipinski definition) is 3. The zero-order valence-corrected chi connectivity index (χ0v) is 20.0. The van der Waals surface area contributed by atoms with Gasteiger partial charge >= 0.3 is 0 Å². The Morgan fingerprint density at radius 2 is 2.03 bits per heavy atom. The molecule has 3 N–H and O–H groups in total. The Labute approximate surface area is 199 Å². The van der Waals surface area contributed by atoms with Crippen molar-refractivity contribution in [2.45, 2.75) is 46.6 Å². The lowest BCUT2D eigenvalue weighted by Gasteiger charge is -2.17. The molecule has 0 fully saturated rings. The number of carbonyl (C=O) groups excluding carboxylic acids is 1. The molecular formula is C25H32N4O5. The van der Waals surface area contributed by atoms with Crippen LogP contribution in [-0.2, 0) is 17.6 Å². The number of aliphatic hydroxyl groups is 2. The first-order chi connectivity index (χ1) is 16.3. The highest BCUT2D eigenvalue weighted by Gasteiger charge is 2.17. The summed E-state index contributed by atoms with van der Waals surface area (Å²) in [4.78, 5) is 20.1. The van der Waals surface area contributed by atoms with E-state index in [2.05, 4.69) is 34.3 Å². The van der Waals surface area contributed by atoms with Crippen LogP contribution in [0.1, 0.15) is 37.6 Å². The van der Waals surface area contributed by atoms with E-state index >= 15 is 0 Å². The van der Waals surface area contributed by atoms with Crippen LogP contribution in [0.5, 0.6) is 5.75 Å². The van der Waals surface area contributed by atoms with E-state index in [0.717, 1.165) is 34.4 Å². The van der Waals surface area contributed by atoms with Crippen LogP contribution in [0.4, 0.5) is 0 Å². The molecule has 0 aliphatic rings. The zero-order valence-electron chi connectivity index (χ0n) is 20.0. The minimum atomic E-state index is -0.903. The molecule has 3 rings (SSSR count). The average Bonchev–Trinajstić information content (AvgIpc) is 3.31. The molecule has 2 heterocycles. The van der Waals surface area contributed by atoms with E-state index in [1.165, 1.54) is 0 Å². The predicted octanol–water partition coefficient (Wildman–Crippen LogP) is 2.72. The van der Waals surface area contributed by atoms with Crippen molar-refractivity contribution in [3.05, 3.63) is 47.3 Å². The van der Waals surface area contributed by atoms with Gasteiger partial charge < -0.3 is 24.8 Å². The summed E-state index contributed by atoms with van der Waals surface area (Å²) >= 11 is 0. The molecule has 0 spiro atoms. The van der Waals surface area contributed by atoms with E-state index in [4.69, 9.17) is 14.4 Å². The van der Waals surface area contributed by atoms with Gasteiger partial charge in [-0.1, -0.05) is 25.9 Å². The van der Waals surface area contributed by atoms with Gasteiger partial charge in [-0.05, 0) is 61.1 Å². The minimum absolute atomic E-state index is 0.00247. The van der Waals surface area contributed by atoms with E-state index in [1.807, 2.05) is 38.1 Å². The van der Waals surface area contributed by atoms with Gasteiger partial charge in [0, 0.05) is 29.6 Å². The normalized spacial score (nSPS) is 12.1. The highest BCUT2D eigenvalue weighted by atomic mass is 16.5. The van der Waals surface area contributed by atoms with Gasteiger partial charge in [-0.15, -0.1) is 0 Å². The number of benzene rings is 1. The summed E-state index contributed by atoms with van der Waals surface area (Å²) in [5, 5.41) is 25.4. The van der Waals surface area contributed by atoms with E-state index in [1.54, 1.807) is 6.20 Å². The van der Waals surface area contributed by atoms with Gasteiger partial charge in [0.05, 0.1) is 0 Å². The molecule has 3 aromatic rings. The summed E-state index contributed by atoms with van der Waals surface area (Å²) in [6.45, 7) is 7.61. The fourth-order valence-corrected chi connectivity index (χ4v) is 3.57. The van der Waals surface area contributed by atoms with E-state index in [-0.39, 0.29) is 13.2 Å². The number of carbonyl (C=O) groups is 1. The maximum absolute atomic E-state index is 11.1. The molecule has 0 radical (unpaired) electrons. The quantitative estimate of drug-likeness (QED) is 0.392. The molecule has 0 aliphatic carbocycles. The highest BCUT2D eigenvalue weighted by molar-refractivity contribution is 5.76. The maximum Gasteiger partial charge on any atom is 0.258 e. The maximum atomic E-state index is 11.1. The molecule has 9 nitrogen and oxygen atoms in total. The lowest BCUT2D eigenvalue weighted by Crippen LogP contribution is -2.36. The van der Waals surface area contributed by atoms with Crippen molar-refractivity contribution in [3.8, 4) is 28.6 Å². The van der Waals surface area contributed by atoms with E-state index in [0.29, 0.717) is 29.8 Å². The van der Waals surface area contributed by atoms with Crippen molar-refractivity contribution in [2.24, 2.45) is 5.92 Å². The Hall–Kier alpha value is -3.30. The largest absolute Gasteiger partial charge is 0.490 e. The molecule has 9 heteroatoms. The van der Waals surface area contributed by atoms with Crippen molar-refractivity contribution < 1.29 is 24.3 Å². The molecule has 1 amide bonds. The number of nitrogens with zero attached hydrogens (tertiary/aromatic N) is 3. The molecule has 34 heavy (non-hydrogen) atoms. The molecule has 1 unspecified atom stereocenters. The third kappa shape index (κ3) is 6.61. The number of rotatable bonds is 11. The Kier molecular flexibility index (Phi) is 8.72. The standard InChI is InChI=1S/C25H32N4O5/c1-5-17-10-19(9-16(4)23(17)33-14-21(31)12-27-22(32)13-30)24-28-25(34-29-24)18-6-7-26-20(11-18)8-15(2)3/h6-7,9-11,15,21,30-31H,5,8,12-14H2,1-4H3,(H,27,32).